The second-order valence-electron chi connectivity index (χ2n) is 8.33. The van der Waals surface area contributed by atoms with E-state index in [1.807, 2.05) is 43.3 Å². The van der Waals surface area contributed by atoms with Gasteiger partial charge in [-0.05, 0) is 46.9 Å². The van der Waals surface area contributed by atoms with Crippen molar-refractivity contribution < 1.29 is 24.2 Å². The Balaban J connectivity index is 1.34. The zero-order chi connectivity index (χ0) is 24.9. The average molecular weight is 493 g/mol. The third-order valence-corrected chi connectivity index (χ3v) is 6.40. The number of benzene rings is 3. The minimum Gasteiger partial charge on any atom is -0.478 e. The van der Waals surface area contributed by atoms with E-state index in [1.165, 1.54) is 18.2 Å². The Morgan fingerprint density at radius 3 is 2.23 bits per heavy atom. The summed E-state index contributed by atoms with van der Waals surface area (Å²) in [4.78, 5) is 36.3. The highest BCUT2D eigenvalue weighted by Gasteiger charge is 2.29. The van der Waals surface area contributed by atoms with Gasteiger partial charge in [0.25, 0.3) is 0 Å². The molecule has 35 heavy (non-hydrogen) atoms. The summed E-state index contributed by atoms with van der Waals surface area (Å²) in [6.45, 7) is 2.04. The van der Waals surface area contributed by atoms with Crippen molar-refractivity contribution in [2.75, 3.05) is 11.9 Å². The monoisotopic (exact) mass is 492 g/mol. The Morgan fingerprint density at radius 2 is 1.63 bits per heavy atom. The molecule has 0 unspecified atom stereocenters. The molecular weight excluding hydrogens is 468 g/mol. The maximum Gasteiger partial charge on any atom is 0.407 e. The molecule has 0 aliphatic heterocycles. The number of alkyl carbamates (subject to hydrolysis) is 1. The molecule has 0 saturated heterocycles. The van der Waals surface area contributed by atoms with Gasteiger partial charge in [-0.2, -0.15) is 0 Å². The largest absolute Gasteiger partial charge is 0.478 e. The van der Waals surface area contributed by atoms with Gasteiger partial charge < -0.3 is 20.5 Å². The second-order valence-corrected chi connectivity index (χ2v) is 8.73. The van der Waals surface area contributed by atoms with Crippen LogP contribution >= 0.6 is 11.6 Å². The van der Waals surface area contributed by atoms with E-state index in [0.29, 0.717) is 12.1 Å². The van der Waals surface area contributed by atoms with Crippen LogP contribution in [-0.2, 0) is 9.53 Å². The van der Waals surface area contributed by atoms with Crippen LogP contribution in [0.5, 0.6) is 0 Å². The van der Waals surface area contributed by atoms with E-state index >= 15 is 0 Å². The topological polar surface area (TPSA) is 105 Å². The SMILES string of the molecule is CC[C@@H](CC(=O)Nc1ccc(Cl)c(C(=O)O)c1)NC(=O)OCC1c2ccccc2-c2ccccc21. The fourth-order valence-corrected chi connectivity index (χ4v) is 4.51. The number of halogens is 1. The maximum absolute atomic E-state index is 12.5. The van der Waals surface area contributed by atoms with E-state index < -0.39 is 18.1 Å². The van der Waals surface area contributed by atoms with Gasteiger partial charge in [-0.3, -0.25) is 4.79 Å². The van der Waals surface area contributed by atoms with Crippen LogP contribution in [0.4, 0.5) is 10.5 Å². The summed E-state index contributed by atoms with van der Waals surface area (Å²) < 4.78 is 5.57. The molecule has 0 bridgehead atoms. The Morgan fingerprint density at radius 1 is 1.00 bits per heavy atom. The Hall–Kier alpha value is -3.84. The van der Waals surface area contributed by atoms with Crippen LogP contribution in [0, 0.1) is 0 Å². The highest BCUT2D eigenvalue weighted by Crippen LogP contribution is 2.44. The van der Waals surface area contributed by atoms with Crippen LogP contribution in [-0.4, -0.2) is 35.7 Å². The van der Waals surface area contributed by atoms with Gasteiger partial charge in [0.2, 0.25) is 5.91 Å². The highest BCUT2D eigenvalue weighted by molar-refractivity contribution is 6.33. The number of amides is 2. The minimum atomic E-state index is -1.19. The molecule has 0 radical (unpaired) electrons. The van der Waals surface area contributed by atoms with Crippen LogP contribution in [0.2, 0.25) is 5.02 Å². The number of nitrogens with one attached hydrogen (secondary N) is 2. The summed E-state index contributed by atoms with van der Waals surface area (Å²) in [5.41, 5.74) is 4.75. The summed E-state index contributed by atoms with van der Waals surface area (Å²) in [5.74, 6) is -1.60. The number of anilines is 1. The lowest BCUT2D eigenvalue weighted by atomic mass is 9.98. The lowest BCUT2D eigenvalue weighted by Gasteiger charge is -2.19. The van der Waals surface area contributed by atoms with Crippen molar-refractivity contribution in [3.05, 3.63) is 88.4 Å². The molecular formula is C27H25ClN2O5. The molecule has 0 heterocycles. The van der Waals surface area contributed by atoms with Gasteiger partial charge in [-0.1, -0.05) is 67.1 Å². The number of aromatic carboxylic acids is 1. The lowest BCUT2D eigenvalue weighted by Crippen LogP contribution is -2.38. The number of carboxylic acids is 1. The number of carbonyl (C=O) groups is 3. The molecule has 180 valence electrons. The Labute approximate surface area is 208 Å². The smallest absolute Gasteiger partial charge is 0.407 e. The summed E-state index contributed by atoms with van der Waals surface area (Å²) in [7, 11) is 0. The molecule has 0 spiro atoms. The molecule has 0 saturated carbocycles. The van der Waals surface area contributed by atoms with Crippen LogP contribution in [0.15, 0.2) is 66.7 Å². The first-order chi connectivity index (χ1) is 16.9. The van der Waals surface area contributed by atoms with Gasteiger partial charge in [-0.25, -0.2) is 9.59 Å². The van der Waals surface area contributed by atoms with Crippen molar-refractivity contribution in [2.24, 2.45) is 0 Å². The van der Waals surface area contributed by atoms with E-state index in [4.69, 9.17) is 16.3 Å². The fourth-order valence-electron chi connectivity index (χ4n) is 4.31. The molecule has 3 aromatic carbocycles. The van der Waals surface area contributed by atoms with Crippen molar-refractivity contribution in [3.8, 4) is 11.1 Å². The summed E-state index contributed by atoms with van der Waals surface area (Å²) >= 11 is 5.87. The zero-order valence-corrected chi connectivity index (χ0v) is 19.8. The third-order valence-electron chi connectivity index (χ3n) is 6.07. The number of carbonyl (C=O) groups excluding carboxylic acids is 2. The summed E-state index contributed by atoms with van der Waals surface area (Å²) in [5, 5.41) is 14.7. The van der Waals surface area contributed by atoms with Crippen molar-refractivity contribution in [1.82, 2.24) is 5.32 Å². The number of carboxylic acid groups (broad SMARTS) is 1. The van der Waals surface area contributed by atoms with Crippen molar-refractivity contribution >= 4 is 35.3 Å². The average Bonchev–Trinajstić information content (AvgIpc) is 3.17. The van der Waals surface area contributed by atoms with Crippen LogP contribution in [0.1, 0.15) is 47.2 Å². The van der Waals surface area contributed by atoms with Crippen LogP contribution in [0.25, 0.3) is 11.1 Å². The number of fused-ring (bicyclic) bond motifs is 3. The van der Waals surface area contributed by atoms with Crippen molar-refractivity contribution in [3.63, 3.8) is 0 Å². The number of hydrogen-bond acceptors (Lipinski definition) is 4. The standard InChI is InChI=1S/C27H25ClN2O5/c1-2-16(14-25(31)29-17-11-12-24(28)22(13-17)26(32)33)30-27(34)35-15-23-20-9-5-3-7-18(20)19-8-4-6-10-21(19)23/h3-13,16,23H,2,14-15H2,1H3,(H,29,31)(H,30,34)(H,32,33)/t16-/m0/s1. The molecule has 1 atom stereocenters. The van der Waals surface area contributed by atoms with Gasteiger partial charge in [-0.15, -0.1) is 0 Å². The molecule has 3 aromatic rings. The first-order valence-electron chi connectivity index (χ1n) is 11.3. The van der Waals surface area contributed by atoms with Crippen molar-refractivity contribution in [1.29, 1.82) is 0 Å². The number of ether oxygens (including phenoxy) is 1. The lowest BCUT2D eigenvalue weighted by molar-refractivity contribution is -0.116. The van der Waals surface area contributed by atoms with Crippen LogP contribution in [0.3, 0.4) is 0 Å². The van der Waals surface area contributed by atoms with Gasteiger partial charge in [0.1, 0.15) is 6.61 Å². The summed E-state index contributed by atoms with van der Waals surface area (Å²) in [6.07, 6.45) is -0.0733. The van der Waals surface area contributed by atoms with Gasteiger partial charge in [0.05, 0.1) is 10.6 Å². The maximum atomic E-state index is 12.5. The van der Waals surface area contributed by atoms with Gasteiger partial charge in [0, 0.05) is 24.1 Å². The quantitative estimate of drug-likeness (QED) is 0.375. The second kappa shape index (κ2) is 10.6. The molecule has 3 N–H and O–H groups in total. The van der Waals surface area contributed by atoms with Crippen LogP contribution < -0.4 is 10.6 Å². The molecule has 1 aliphatic carbocycles. The van der Waals surface area contributed by atoms with Gasteiger partial charge >= 0.3 is 12.1 Å². The molecule has 4 rings (SSSR count). The molecule has 0 aromatic heterocycles. The van der Waals surface area contributed by atoms with E-state index in [2.05, 4.69) is 22.8 Å². The predicted octanol–water partition coefficient (Wildman–Crippen LogP) is 5.68. The number of rotatable bonds is 8. The highest BCUT2D eigenvalue weighted by atomic mass is 35.5. The first kappa shape index (κ1) is 24.3. The zero-order valence-electron chi connectivity index (χ0n) is 19.1. The van der Waals surface area contributed by atoms with E-state index in [9.17, 15) is 19.5 Å². The third kappa shape index (κ3) is 5.46. The molecule has 1 aliphatic rings. The predicted molar refractivity (Wildman–Crippen MR) is 134 cm³/mol. The van der Waals surface area contributed by atoms with Crippen molar-refractivity contribution in [2.45, 2.75) is 31.7 Å². The molecule has 2 amide bonds. The number of hydrogen-bond donors (Lipinski definition) is 3. The first-order valence-corrected chi connectivity index (χ1v) is 11.7. The minimum absolute atomic E-state index is 0.00568. The Kier molecular flexibility index (Phi) is 7.36. The summed E-state index contributed by atoms with van der Waals surface area (Å²) in [6, 6.07) is 20.0. The van der Waals surface area contributed by atoms with E-state index in [1.54, 1.807) is 0 Å². The molecule has 7 nitrogen and oxygen atoms in total. The molecule has 0 fully saturated rings. The van der Waals surface area contributed by atoms with E-state index in [0.717, 1.165) is 22.3 Å². The molecule has 8 heteroatoms. The normalized spacial score (nSPS) is 12.9. The van der Waals surface area contributed by atoms with E-state index in [-0.39, 0.29) is 35.4 Å². The van der Waals surface area contributed by atoms with Gasteiger partial charge in [0.15, 0.2) is 0 Å². The fraction of sp³-hybridized carbons (Fsp3) is 0.222. The Bertz CT molecular complexity index is 1230.